The van der Waals surface area contributed by atoms with E-state index in [1.807, 2.05) is 0 Å². The van der Waals surface area contributed by atoms with Crippen LogP contribution in [0.5, 0.6) is 0 Å². The first-order chi connectivity index (χ1) is 8.60. The highest BCUT2D eigenvalue weighted by Crippen LogP contribution is 2.30. The lowest BCUT2D eigenvalue weighted by Gasteiger charge is -2.24. The Hall–Kier alpha value is -1.26. The van der Waals surface area contributed by atoms with Crippen molar-refractivity contribution in [2.75, 3.05) is 13.1 Å². The molecule has 0 aliphatic carbocycles. The van der Waals surface area contributed by atoms with Crippen LogP contribution in [0, 0.1) is 17.8 Å². The second kappa shape index (κ2) is 5.80. The summed E-state index contributed by atoms with van der Waals surface area (Å²) in [5.74, 6) is -0.859. The summed E-state index contributed by atoms with van der Waals surface area (Å²) in [7, 11) is 0. The van der Waals surface area contributed by atoms with Crippen LogP contribution >= 0.6 is 0 Å². The Morgan fingerprint density at radius 2 is 1.89 bits per heavy atom. The second-order valence-corrected chi connectivity index (χ2v) is 6.72. The van der Waals surface area contributed by atoms with E-state index in [-0.39, 0.29) is 12.5 Å². The number of nitrogens with zero attached hydrogens (tertiary/aromatic N) is 1. The molecule has 1 saturated heterocycles. The van der Waals surface area contributed by atoms with Gasteiger partial charge in [0.1, 0.15) is 5.60 Å². The van der Waals surface area contributed by atoms with Gasteiger partial charge in [0.25, 0.3) is 0 Å². The number of likely N-dealkylation sites (tertiary alicyclic amines) is 1. The first-order valence-corrected chi connectivity index (χ1v) is 6.81. The zero-order chi connectivity index (χ0) is 14.8. The van der Waals surface area contributed by atoms with Crippen LogP contribution in [0.4, 0.5) is 4.79 Å². The number of hydrogen-bond donors (Lipinski definition) is 1. The minimum atomic E-state index is -0.822. The molecule has 0 radical (unpaired) electrons. The minimum Gasteiger partial charge on any atom is -0.481 e. The summed E-state index contributed by atoms with van der Waals surface area (Å²) in [6.45, 7) is 10.3. The van der Waals surface area contributed by atoms with Crippen molar-refractivity contribution in [3.05, 3.63) is 0 Å². The maximum atomic E-state index is 12.0. The molecule has 1 fully saturated rings. The summed E-state index contributed by atoms with van der Waals surface area (Å²) in [6, 6.07) is 0. The maximum Gasteiger partial charge on any atom is 0.410 e. The van der Waals surface area contributed by atoms with Crippen LogP contribution in [-0.4, -0.2) is 40.8 Å². The largest absolute Gasteiger partial charge is 0.481 e. The van der Waals surface area contributed by atoms with Crippen molar-refractivity contribution in [3.63, 3.8) is 0 Å². The lowest BCUT2D eigenvalue weighted by Crippen LogP contribution is -2.36. The van der Waals surface area contributed by atoms with Crippen LogP contribution in [-0.2, 0) is 9.53 Å². The van der Waals surface area contributed by atoms with Gasteiger partial charge in [0.05, 0.1) is 5.92 Å². The second-order valence-electron chi connectivity index (χ2n) is 6.72. The number of rotatable bonds is 3. The van der Waals surface area contributed by atoms with Crippen molar-refractivity contribution in [2.24, 2.45) is 17.8 Å². The van der Waals surface area contributed by atoms with Crippen LogP contribution in [0.25, 0.3) is 0 Å². The molecule has 0 aromatic rings. The van der Waals surface area contributed by atoms with E-state index in [1.165, 1.54) is 4.90 Å². The predicted octanol–water partition coefficient (Wildman–Crippen LogP) is 2.60. The quantitative estimate of drug-likeness (QED) is 0.856. The molecule has 1 aliphatic heterocycles. The smallest absolute Gasteiger partial charge is 0.410 e. The first kappa shape index (κ1) is 15.8. The van der Waals surface area contributed by atoms with Gasteiger partial charge in [-0.1, -0.05) is 13.8 Å². The first-order valence-electron chi connectivity index (χ1n) is 6.81. The number of carboxylic acid groups (broad SMARTS) is 1. The molecule has 0 unspecified atom stereocenters. The van der Waals surface area contributed by atoms with Gasteiger partial charge >= 0.3 is 12.1 Å². The van der Waals surface area contributed by atoms with E-state index in [0.29, 0.717) is 12.5 Å². The Kier molecular flexibility index (Phi) is 4.82. The number of carboxylic acids is 1. The highest BCUT2D eigenvalue weighted by Gasteiger charge is 2.40. The molecule has 0 bridgehead atoms. The maximum absolute atomic E-state index is 12.0. The molecule has 1 aliphatic rings. The van der Waals surface area contributed by atoms with E-state index in [0.717, 1.165) is 6.42 Å². The van der Waals surface area contributed by atoms with Crippen LogP contribution in [0.2, 0.25) is 0 Å². The van der Waals surface area contributed by atoms with E-state index in [9.17, 15) is 14.7 Å². The van der Waals surface area contributed by atoms with Gasteiger partial charge in [0, 0.05) is 13.1 Å². The van der Waals surface area contributed by atoms with Crippen molar-refractivity contribution in [2.45, 2.75) is 46.6 Å². The molecule has 110 valence electrons. The predicted molar refractivity (Wildman–Crippen MR) is 71.9 cm³/mol. The van der Waals surface area contributed by atoms with Gasteiger partial charge in [-0.05, 0) is 39.0 Å². The highest BCUT2D eigenvalue weighted by atomic mass is 16.6. The molecule has 1 N–H and O–H groups in total. The van der Waals surface area contributed by atoms with E-state index in [4.69, 9.17) is 4.74 Å². The summed E-state index contributed by atoms with van der Waals surface area (Å²) >= 11 is 0. The van der Waals surface area contributed by atoms with Crippen molar-refractivity contribution >= 4 is 12.1 Å². The number of hydrogen-bond acceptors (Lipinski definition) is 3. The third kappa shape index (κ3) is 4.73. The zero-order valence-corrected chi connectivity index (χ0v) is 12.5. The average molecular weight is 271 g/mol. The summed E-state index contributed by atoms with van der Waals surface area (Å²) in [4.78, 5) is 24.8. The van der Waals surface area contributed by atoms with E-state index >= 15 is 0 Å². The fourth-order valence-corrected chi connectivity index (χ4v) is 2.47. The Bertz CT molecular complexity index is 346. The van der Waals surface area contributed by atoms with Crippen LogP contribution in [0.3, 0.4) is 0 Å². The molecule has 2 atom stereocenters. The molecule has 1 heterocycles. The van der Waals surface area contributed by atoms with Gasteiger partial charge in [-0.3, -0.25) is 4.79 Å². The fourth-order valence-electron chi connectivity index (χ4n) is 2.47. The highest BCUT2D eigenvalue weighted by molar-refractivity contribution is 5.74. The fraction of sp³-hybridized carbons (Fsp3) is 0.857. The molecular formula is C14H25NO4. The SMILES string of the molecule is CC(C)C[C@H]1CN(C(=O)OC(C)(C)C)C[C@H]1C(=O)O. The summed E-state index contributed by atoms with van der Waals surface area (Å²) < 4.78 is 5.30. The summed E-state index contributed by atoms with van der Waals surface area (Å²) in [5.41, 5.74) is -0.550. The van der Waals surface area contributed by atoms with Gasteiger partial charge in [-0.2, -0.15) is 0 Å². The molecule has 0 aromatic heterocycles. The Balaban J connectivity index is 2.69. The van der Waals surface area contributed by atoms with Crippen LogP contribution in [0.15, 0.2) is 0 Å². The third-order valence-corrected chi connectivity index (χ3v) is 3.18. The van der Waals surface area contributed by atoms with Crippen molar-refractivity contribution < 1.29 is 19.4 Å². The standard InChI is InChI=1S/C14H25NO4/c1-9(2)6-10-7-15(8-11(10)12(16)17)13(18)19-14(3,4)5/h9-11H,6-8H2,1-5H3,(H,16,17)/t10-,11+/m0/s1. The Labute approximate surface area is 114 Å². The van der Waals surface area contributed by atoms with Gasteiger partial charge < -0.3 is 14.7 Å². The molecular weight excluding hydrogens is 246 g/mol. The Morgan fingerprint density at radius 1 is 1.32 bits per heavy atom. The topological polar surface area (TPSA) is 66.8 Å². The zero-order valence-electron chi connectivity index (χ0n) is 12.5. The molecule has 19 heavy (non-hydrogen) atoms. The lowest BCUT2D eigenvalue weighted by atomic mass is 9.88. The number of aliphatic carboxylic acids is 1. The molecule has 5 heteroatoms. The van der Waals surface area contributed by atoms with Crippen molar-refractivity contribution in [1.29, 1.82) is 0 Å². The van der Waals surface area contributed by atoms with Gasteiger partial charge in [-0.25, -0.2) is 4.79 Å². The van der Waals surface area contributed by atoms with Gasteiger partial charge in [0.2, 0.25) is 0 Å². The average Bonchev–Trinajstić information content (AvgIpc) is 2.57. The molecule has 0 saturated carbocycles. The number of amides is 1. The number of ether oxygens (including phenoxy) is 1. The normalized spacial score (nSPS) is 23.8. The number of carbonyl (C=O) groups is 2. The monoisotopic (exact) mass is 271 g/mol. The van der Waals surface area contributed by atoms with Crippen molar-refractivity contribution in [3.8, 4) is 0 Å². The Morgan fingerprint density at radius 3 is 2.32 bits per heavy atom. The molecule has 1 amide bonds. The van der Waals surface area contributed by atoms with Crippen LogP contribution in [0.1, 0.15) is 41.0 Å². The minimum absolute atomic E-state index is 0.0185. The summed E-state index contributed by atoms with van der Waals surface area (Å²) in [6.07, 6.45) is 0.404. The van der Waals surface area contributed by atoms with E-state index in [1.54, 1.807) is 20.8 Å². The van der Waals surface area contributed by atoms with Crippen molar-refractivity contribution in [1.82, 2.24) is 4.90 Å². The van der Waals surface area contributed by atoms with Crippen LogP contribution < -0.4 is 0 Å². The van der Waals surface area contributed by atoms with E-state index < -0.39 is 23.6 Å². The molecule has 0 aromatic carbocycles. The summed E-state index contributed by atoms with van der Waals surface area (Å²) in [5, 5.41) is 9.25. The molecule has 5 nitrogen and oxygen atoms in total. The molecule has 0 spiro atoms. The molecule has 1 rings (SSSR count). The third-order valence-electron chi connectivity index (χ3n) is 3.18. The lowest BCUT2D eigenvalue weighted by molar-refractivity contribution is -0.142. The number of carbonyl (C=O) groups excluding carboxylic acids is 1. The van der Waals surface area contributed by atoms with E-state index in [2.05, 4.69) is 13.8 Å². The van der Waals surface area contributed by atoms with Gasteiger partial charge in [0.15, 0.2) is 0 Å². The van der Waals surface area contributed by atoms with Gasteiger partial charge in [-0.15, -0.1) is 0 Å².